The molecule has 4 rings (SSSR count). The maximum Gasteiger partial charge on any atom is 0.304 e. The number of ether oxygens (including phenoxy) is 2. The van der Waals surface area contributed by atoms with Crippen LogP contribution in [0.2, 0.25) is 5.02 Å². The lowest BCUT2D eigenvalue weighted by Gasteiger charge is -2.23. The molecule has 9 heteroatoms. The van der Waals surface area contributed by atoms with Crippen molar-refractivity contribution in [2.24, 2.45) is 0 Å². The monoisotopic (exact) mass is 473 g/mol. The highest BCUT2D eigenvalue weighted by molar-refractivity contribution is 8.00. The number of halogens is 1. The van der Waals surface area contributed by atoms with E-state index in [4.69, 9.17) is 21.1 Å². The van der Waals surface area contributed by atoms with E-state index in [1.165, 1.54) is 11.8 Å². The number of rotatable bonds is 6. The third-order valence-electron chi connectivity index (χ3n) is 5.41. The average Bonchev–Trinajstić information content (AvgIpc) is 3.16. The van der Waals surface area contributed by atoms with Crippen molar-refractivity contribution in [3.8, 4) is 17.2 Å². The lowest BCUT2D eigenvalue weighted by molar-refractivity contribution is -0.137. The molecular formula is C23H24ClN3O4S. The van der Waals surface area contributed by atoms with Crippen LogP contribution in [0.3, 0.4) is 0 Å². The molecule has 0 saturated heterocycles. The summed E-state index contributed by atoms with van der Waals surface area (Å²) in [5, 5.41) is 18.4. The molecule has 1 aromatic heterocycles. The van der Waals surface area contributed by atoms with Crippen molar-refractivity contribution in [1.82, 2.24) is 14.8 Å². The summed E-state index contributed by atoms with van der Waals surface area (Å²) in [4.78, 5) is 11.8. The smallest absolute Gasteiger partial charge is 0.304 e. The first kappa shape index (κ1) is 22.5. The van der Waals surface area contributed by atoms with Crippen LogP contribution in [0, 0.1) is 0 Å². The number of hydrogen-bond acceptors (Lipinski definition) is 6. The van der Waals surface area contributed by atoms with Crippen LogP contribution >= 0.6 is 23.4 Å². The van der Waals surface area contributed by atoms with E-state index in [1.807, 2.05) is 54.8 Å². The second kappa shape index (κ2) is 9.03. The number of hydrogen-bond donors (Lipinski definition) is 1. The van der Waals surface area contributed by atoms with Gasteiger partial charge in [0.15, 0.2) is 17.3 Å². The maximum atomic E-state index is 11.8. The highest BCUT2D eigenvalue weighted by Gasteiger charge is 2.36. The van der Waals surface area contributed by atoms with Crippen LogP contribution in [0.1, 0.15) is 59.5 Å². The zero-order valence-electron chi connectivity index (χ0n) is 18.2. The van der Waals surface area contributed by atoms with E-state index in [0.29, 0.717) is 22.3 Å². The number of carboxylic acids is 1. The van der Waals surface area contributed by atoms with Gasteiger partial charge < -0.3 is 14.6 Å². The summed E-state index contributed by atoms with van der Waals surface area (Å²) >= 11 is 7.94. The Balaban J connectivity index is 2.02. The molecule has 1 aliphatic rings. The minimum absolute atomic E-state index is 0.0919. The molecule has 0 bridgehead atoms. The van der Waals surface area contributed by atoms with Crippen molar-refractivity contribution in [3.05, 3.63) is 64.2 Å². The largest absolute Gasteiger partial charge is 0.493 e. The van der Waals surface area contributed by atoms with Gasteiger partial charge >= 0.3 is 5.97 Å². The topological polar surface area (TPSA) is 86.5 Å². The second-order valence-corrected chi connectivity index (χ2v) is 9.54. The standard InChI is InChI=1S/C23H24ClN3O4S/c1-12(2)22-25-26-23-18(11-19(28)29)32-21(14-6-5-7-17(30-3)20(14)31-4)15-10-13(24)8-9-16(15)27(22)23/h5-10,12,18,21H,11H2,1-4H3,(H,28,29). The number of fused-ring (bicyclic) bond motifs is 3. The van der Waals surface area contributed by atoms with Crippen LogP contribution in [0.4, 0.5) is 0 Å². The summed E-state index contributed by atoms with van der Waals surface area (Å²) in [6, 6.07) is 11.4. The fourth-order valence-corrected chi connectivity index (χ4v) is 5.72. The van der Waals surface area contributed by atoms with Gasteiger partial charge in [0.05, 0.1) is 36.8 Å². The van der Waals surface area contributed by atoms with E-state index in [9.17, 15) is 9.90 Å². The summed E-state index contributed by atoms with van der Waals surface area (Å²) in [6.45, 7) is 4.08. The number of carbonyl (C=O) groups is 1. The molecule has 7 nitrogen and oxygen atoms in total. The molecule has 0 amide bonds. The van der Waals surface area contributed by atoms with Crippen molar-refractivity contribution >= 4 is 29.3 Å². The van der Waals surface area contributed by atoms with E-state index in [0.717, 1.165) is 22.6 Å². The van der Waals surface area contributed by atoms with Gasteiger partial charge in [0.1, 0.15) is 5.82 Å². The summed E-state index contributed by atoms with van der Waals surface area (Å²) in [5.41, 5.74) is 2.69. The highest BCUT2D eigenvalue weighted by atomic mass is 35.5. The summed E-state index contributed by atoms with van der Waals surface area (Å²) < 4.78 is 13.2. The first-order valence-corrected chi connectivity index (χ1v) is 11.5. The molecule has 0 spiro atoms. The van der Waals surface area contributed by atoms with Crippen molar-refractivity contribution in [3.63, 3.8) is 0 Å². The van der Waals surface area contributed by atoms with Gasteiger partial charge in [0.25, 0.3) is 0 Å². The molecule has 168 valence electrons. The molecule has 3 aromatic rings. The number of benzene rings is 2. The molecule has 1 N–H and O–H groups in total. The SMILES string of the molecule is COc1cccc(C2SC(CC(=O)O)c3nnc(C(C)C)n3-c3ccc(Cl)cc32)c1OC. The molecule has 32 heavy (non-hydrogen) atoms. The van der Waals surface area contributed by atoms with Crippen molar-refractivity contribution < 1.29 is 19.4 Å². The minimum atomic E-state index is -0.900. The van der Waals surface area contributed by atoms with E-state index < -0.39 is 11.2 Å². The highest BCUT2D eigenvalue weighted by Crippen LogP contribution is 2.54. The first-order valence-electron chi connectivity index (χ1n) is 10.2. The quantitative estimate of drug-likeness (QED) is 0.511. The second-order valence-electron chi connectivity index (χ2n) is 7.80. The number of methoxy groups -OCH3 is 2. The zero-order chi connectivity index (χ0) is 23.0. The van der Waals surface area contributed by atoms with Gasteiger partial charge in [-0.25, -0.2) is 0 Å². The third kappa shape index (κ3) is 3.93. The van der Waals surface area contributed by atoms with Gasteiger partial charge in [-0.15, -0.1) is 22.0 Å². The Morgan fingerprint density at radius 3 is 2.62 bits per heavy atom. The molecule has 0 aliphatic carbocycles. The number of carboxylic acid groups (broad SMARTS) is 1. The Morgan fingerprint density at radius 1 is 1.19 bits per heavy atom. The van der Waals surface area contributed by atoms with E-state index >= 15 is 0 Å². The van der Waals surface area contributed by atoms with Crippen molar-refractivity contribution in [2.45, 2.75) is 36.7 Å². The van der Waals surface area contributed by atoms with Gasteiger partial charge in [0.2, 0.25) is 0 Å². The number of thioether (sulfide) groups is 1. The predicted molar refractivity (Wildman–Crippen MR) is 124 cm³/mol. The molecule has 0 saturated carbocycles. The van der Waals surface area contributed by atoms with E-state index in [2.05, 4.69) is 10.2 Å². The molecule has 0 fully saturated rings. The minimum Gasteiger partial charge on any atom is -0.493 e. The molecule has 2 heterocycles. The molecular weight excluding hydrogens is 450 g/mol. The Labute approximate surface area is 195 Å². The normalized spacial score (nSPS) is 17.4. The van der Waals surface area contributed by atoms with Crippen molar-refractivity contribution in [1.29, 1.82) is 0 Å². The number of nitrogens with zero attached hydrogens (tertiary/aromatic N) is 3. The van der Waals surface area contributed by atoms with Crippen LogP contribution in [0.25, 0.3) is 5.69 Å². The zero-order valence-corrected chi connectivity index (χ0v) is 19.8. The summed E-state index contributed by atoms with van der Waals surface area (Å²) in [5.74, 6) is 1.80. The molecule has 2 aromatic carbocycles. The fourth-order valence-electron chi connectivity index (χ4n) is 4.03. The number of aromatic nitrogens is 3. The molecule has 2 atom stereocenters. The Bertz CT molecular complexity index is 1160. The van der Waals surface area contributed by atoms with Gasteiger partial charge in [-0.05, 0) is 29.8 Å². The average molecular weight is 474 g/mol. The fraction of sp³-hybridized carbons (Fsp3) is 0.348. The van der Waals surface area contributed by atoms with Crippen LogP contribution in [-0.2, 0) is 4.79 Å². The lowest BCUT2D eigenvalue weighted by Crippen LogP contribution is -2.10. The number of para-hydroxylation sites is 1. The van der Waals surface area contributed by atoms with Crippen LogP contribution in [0.5, 0.6) is 11.5 Å². The van der Waals surface area contributed by atoms with Crippen LogP contribution in [-0.4, -0.2) is 40.1 Å². The van der Waals surface area contributed by atoms with Gasteiger partial charge in [-0.1, -0.05) is 37.6 Å². The van der Waals surface area contributed by atoms with Gasteiger partial charge in [-0.3, -0.25) is 9.36 Å². The maximum absolute atomic E-state index is 11.8. The summed E-state index contributed by atoms with van der Waals surface area (Å²) in [7, 11) is 3.19. The van der Waals surface area contributed by atoms with Gasteiger partial charge in [0, 0.05) is 16.5 Å². The predicted octanol–water partition coefficient (Wildman–Crippen LogP) is 5.41. The number of aliphatic carboxylic acids is 1. The van der Waals surface area contributed by atoms with Crippen molar-refractivity contribution in [2.75, 3.05) is 14.2 Å². The molecule has 2 unspecified atom stereocenters. The Kier molecular flexibility index (Phi) is 6.35. The first-order chi connectivity index (χ1) is 15.3. The lowest BCUT2D eigenvalue weighted by atomic mass is 10.0. The van der Waals surface area contributed by atoms with E-state index in [-0.39, 0.29) is 17.6 Å². The Hall–Kier alpha value is -2.71. The summed E-state index contributed by atoms with van der Waals surface area (Å²) in [6.07, 6.45) is -0.0919. The third-order valence-corrected chi connectivity index (χ3v) is 7.13. The van der Waals surface area contributed by atoms with Crippen LogP contribution < -0.4 is 9.47 Å². The molecule has 0 radical (unpaired) electrons. The Morgan fingerprint density at radius 2 is 1.97 bits per heavy atom. The van der Waals surface area contributed by atoms with E-state index in [1.54, 1.807) is 14.2 Å². The molecule has 1 aliphatic heterocycles. The van der Waals surface area contributed by atoms with Crippen LogP contribution in [0.15, 0.2) is 36.4 Å². The van der Waals surface area contributed by atoms with Gasteiger partial charge in [-0.2, -0.15) is 0 Å².